The Morgan fingerprint density at radius 1 is 1.00 bits per heavy atom. The number of rotatable bonds is 3. The maximum Gasteiger partial charge on any atom is 0.573 e. The molecule has 26 heavy (non-hydrogen) atoms. The Morgan fingerprint density at radius 3 is 2.15 bits per heavy atom. The largest absolute Gasteiger partial charge is 0.573 e. The van der Waals surface area contributed by atoms with Crippen LogP contribution in [0.4, 0.5) is 18.9 Å². The van der Waals surface area contributed by atoms with Gasteiger partial charge in [-0.25, -0.2) is 0 Å². The Morgan fingerprint density at radius 2 is 1.62 bits per heavy atom. The van der Waals surface area contributed by atoms with E-state index in [1.165, 1.54) is 12.1 Å². The van der Waals surface area contributed by atoms with Gasteiger partial charge in [0.1, 0.15) is 5.75 Å². The summed E-state index contributed by atoms with van der Waals surface area (Å²) in [5.41, 5.74) is 3.18. The molecule has 0 N–H and O–H groups in total. The molecule has 0 unspecified atom stereocenters. The number of nitrogens with zero attached hydrogens (tertiary/aromatic N) is 2. The summed E-state index contributed by atoms with van der Waals surface area (Å²) in [7, 11) is 0. The lowest BCUT2D eigenvalue weighted by atomic mass is 9.56. The summed E-state index contributed by atoms with van der Waals surface area (Å²) >= 11 is 0. The van der Waals surface area contributed by atoms with Crippen LogP contribution >= 0.6 is 0 Å². The minimum atomic E-state index is -4.65. The zero-order chi connectivity index (χ0) is 18.4. The molecular formula is C20H17F3N2O. The fourth-order valence-electron chi connectivity index (χ4n) is 4.11. The van der Waals surface area contributed by atoms with Crippen LogP contribution in [0.1, 0.15) is 29.9 Å². The molecule has 0 radical (unpaired) electrons. The molecule has 0 atom stereocenters. The SMILES string of the molecule is N#Cc1ccc(N2CC3(CC(c4ccc(OC(F)(F)F)cc4)C3)C2)cc1. The van der Waals surface area contributed by atoms with Crippen LogP contribution < -0.4 is 9.64 Å². The van der Waals surface area contributed by atoms with E-state index in [4.69, 9.17) is 5.26 Å². The molecule has 1 aliphatic carbocycles. The van der Waals surface area contributed by atoms with Crippen molar-refractivity contribution >= 4 is 5.69 Å². The van der Waals surface area contributed by atoms with Gasteiger partial charge >= 0.3 is 6.36 Å². The quantitative estimate of drug-likeness (QED) is 0.788. The van der Waals surface area contributed by atoms with Crippen LogP contribution in [0.3, 0.4) is 0 Å². The van der Waals surface area contributed by atoms with Crippen LogP contribution in [0.15, 0.2) is 48.5 Å². The Labute approximate surface area is 149 Å². The first kappa shape index (κ1) is 16.8. The highest BCUT2D eigenvalue weighted by Gasteiger charge is 2.52. The Kier molecular flexibility index (Phi) is 3.83. The molecule has 3 nitrogen and oxygen atoms in total. The molecule has 1 aliphatic heterocycles. The van der Waals surface area contributed by atoms with Crippen molar-refractivity contribution in [3.05, 3.63) is 59.7 Å². The zero-order valence-corrected chi connectivity index (χ0v) is 14.0. The number of anilines is 1. The van der Waals surface area contributed by atoms with Gasteiger partial charge in [0, 0.05) is 24.2 Å². The molecular weight excluding hydrogens is 341 g/mol. The molecule has 0 bridgehead atoms. The molecule has 0 aromatic heterocycles. The Balaban J connectivity index is 1.31. The van der Waals surface area contributed by atoms with Crippen molar-refractivity contribution in [2.45, 2.75) is 25.1 Å². The first-order chi connectivity index (χ1) is 12.4. The van der Waals surface area contributed by atoms with Crippen LogP contribution in [0.2, 0.25) is 0 Å². The number of halogens is 3. The molecule has 0 amide bonds. The summed E-state index contributed by atoms with van der Waals surface area (Å²) in [6, 6.07) is 16.0. The van der Waals surface area contributed by atoms with Crippen LogP contribution in [0.5, 0.6) is 5.75 Å². The smallest absolute Gasteiger partial charge is 0.406 e. The van der Waals surface area contributed by atoms with Crippen LogP contribution in [-0.2, 0) is 0 Å². The first-order valence-corrected chi connectivity index (χ1v) is 8.47. The zero-order valence-electron chi connectivity index (χ0n) is 14.0. The lowest BCUT2D eigenvalue weighted by Crippen LogP contribution is -2.61. The van der Waals surface area contributed by atoms with Gasteiger partial charge in [-0.3, -0.25) is 0 Å². The third-order valence-electron chi connectivity index (χ3n) is 5.36. The van der Waals surface area contributed by atoms with Gasteiger partial charge in [0.05, 0.1) is 11.6 Å². The number of ether oxygens (including phenoxy) is 1. The summed E-state index contributed by atoms with van der Waals surface area (Å²) in [6.07, 6.45) is -2.54. The predicted molar refractivity (Wildman–Crippen MR) is 90.9 cm³/mol. The molecule has 1 saturated heterocycles. The summed E-state index contributed by atoms with van der Waals surface area (Å²) in [6.45, 7) is 1.98. The van der Waals surface area contributed by atoms with Crippen molar-refractivity contribution < 1.29 is 17.9 Å². The van der Waals surface area contributed by atoms with Gasteiger partial charge in [0.2, 0.25) is 0 Å². The van der Waals surface area contributed by atoms with E-state index in [0.29, 0.717) is 16.9 Å². The summed E-state index contributed by atoms with van der Waals surface area (Å²) in [5.74, 6) is 0.226. The van der Waals surface area contributed by atoms with E-state index < -0.39 is 6.36 Å². The Hall–Kier alpha value is -2.68. The molecule has 2 aromatic rings. The fourth-order valence-corrected chi connectivity index (χ4v) is 4.11. The Bertz CT molecular complexity index is 823. The van der Waals surface area contributed by atoms with Crippen LogP contribution in [0, 0.1) is 16.7 Å². The molecule has 1 saturated carbocycles. The minimum absolute atomic E-state index is 0.175. The average Bonchev–Trinajstić information content (AvgIpc) is 2.53. The van der Waals surface area contributed by atoms with Crippen molar-refractivity contribution in [2.24, 2.45) is 5.41 Å². The van der Waals surface area contributed by atoms with E-state index in [9.17, 15) is 13.2 Å². The first-order valence-electron chi connectivity index (χ1n) is 8.47. The minimum Gasteiger partial charge on any atom is -0.406 e. The third-order valence-corrected chi connectivity index (χ3v) is 5.36. The maximum absolute atomic E-state index is 12.2. The molecule has 6 heteroatoms. The topological polar surface area (TPSA) is 36.3 Å². The van der Waals surface area contributed by atoms with Gasteiger partial charge in [-0.1, -0.05) is 12.1 Å². The van der Waals surface area contributed by atoms with Gasteiger partial charge in [0.15, 0.2) is 0 Å². The monoisotopic (exact) mass is 358 g/mol. The maximum atomic E-state index is 12.2. The molecule has 2 aromatic carbocycles. The summed E-state index contributed by atoms with van der Waals surface area (Å²) in [5, 5.41) is 8.85. The van der Waals surface area contributed by atoms with Gasteiger partial charge in [-0.05, 0) is 60.7 Å². The van der Waals surface area contributed by atoms with Gasteiger partial charge in [-0.2, -0.15) is 5.26 Å². The van der Waals surface area contributed by atoms with E-state index in [-0.39, 0.29) is 5.75 Å². The van der Waals surface area contributed by atoms with E-state index in [2.05, 4.69) is 15.7 Å². The van der Waals surface area contributed by atoms with E-state index in [0.717, 1.165) is 37.2 Å². The molecule has 134 valence electrons. The van der Waals surface area contributed by atoms with E-state index in [1.54, 1.807) is 12.1 Å². The highest BCUT2D eigenvalue weighted by molar-refractivity contribution is 5.53. The van der Waals surface area contributed by atoms with E-state index >= 15 is 0 Å². The fraction of sp³-hybridized carbons (Fsp3) is 0.350. The number of benzene rings is 2. The van der Waals surface area contributed by atoms with Gasteiger partial charge in [0.25, 0.3) is 0 Å². The molecule has 4 rings (SSSR count). The second-order valence-corrected chi connectivity index (χ2v) is 7.24. The lowest BCUT2D eigenvalue weighted by molar-refractivity contribution is -0.274. The second-order valence-electron chi connectivity index (χ2n) is 7.24. The average molecular weight is 358 g/mol. The highest BCUT2D eigenvalue weighted by atomic mass is 19.4. The standard InChI is InChI=1S/C20H17F3N2O/c21-20(22,23)26-18-7-3-15(4-8-18)16-9-19(10-16)12-25(13-19)17-5-1-14(11-24)2-6-17/h1-8,16H,9-10,12-13H2. The summed E-state index contributed by atoms with van der Waals surface area (Å²) < 4.78 is 40.5. The normalized spacial score (nSPS) is 18.8. The molecule has 2 aliphatic rings. The van der Waals surface area contributed by atoms with Crippen LogP contribution in [-0.4, -0.2) is 19.5 Å². The molecule has 1 spiro atoms. The third kappa shape index (κ3) is 3.22. The predicted octanol–water partition coefficient (Wildman–Crippen LogP) is 4.84. The number of hydrogen-bond acceptors (Lipinski definition) is 3. The van der Waals surface area contributed by atoms with E-state index in [1.807, 2.05) is 24.3 Å². The van der Waals surface area contributed by atoms with Gasteiger partial charge in [-0.15, -0.1) is 13.2 Å². The van der Waals surface area contributed by atoms with Crippen molar-refractivity contribution in [3.8, 4) is 11.8 Å². The van der Waals surface area contributed by atoms with Crippen molar-refractivity contribution in [2.75, 3.05) is 18.0 Å². The van der Waals surface area contributed by atoms with Crippen molar-refractivity contribution in [1.29, 1.82) is 5.26 Å². The van der Waals surface area contributed by atoms with Crippen molar-refractivity contribution in [3.63, 3.8) is 0 Å². The highest BCUT2D eigenvalue weighted by Crippen LogP contribution is 2.56. The van der Waals surface area contributed by atoms with Crippen LogP contribution in [0.25, 0.3) is 0 Å². The summed E-state index contributed by atoms with van der Waals surface area (Å²) in [4.78, 5) is 2.30. The van der Waals surface area contributed by atoms with Gasteiger partial charge < -0.3 is 9.64 Å². The van der Waals surface area contributed by atoms with Crippen molar-refractivity contribution in [1.82, 2.24) is 0 Å². The molecule has 2 fully saturated rings. The second kappa shape index (κ2) is 5.94. The lowest BCUT2D eigenvalue weighted by Gasteiger charge is -2.60. The number of hydrogen-bond donors (Lipinski definition) is 0. The number of alkyl halides is 3. The molecule has 1 heterocycles. The number of nitriles is 1.